The van der Waals surface area contributed by atoms with Gasteiger partial charge < -0.3 is 4.90 Å². The molecule has 1 atom stereocenters. The summed E-state index contributed by atoms with van der Waals surface area (Å²) in [7, 11) is 0. The molecule has 2 nitrogen and oxygen atoms in total. The second-order valence-electron chi connectivity index (χ2n) is 8.25. The van der Waals surface area contributed by atoms with Gasteiger partial charge in [-0.1, -0.05) is 54.4 Å². The third-order valence-corrected chi connectivity index (χ3v) is 6.91. The number of benzene rings is 2. The van der Waals surface area contributed by atoms with Gasteiger partial charge in [0.1, 0.15) is 0 Å². The highest BCUT2D eigenvalue weighted by Gasteiger charge is 2.41. The number of hydrogen-bond acceptors (Lipinski definition) is 1. The van der Waals surface area contributed by atoms with Crippen molar-refractivity contribution in [2.24, 2.45) is 5.92 Å². The van der Waals surface area contributed by atoms with E-state index in [4.69, 9.17) is 11.6 Å². The van der Waals surface area contributed by atoms with Crippen LogP contribution in [-0.2, 0) is 16.6 Å². The molecule has 0 N–H and O–H groups in total. The van der Waals surface area contributed by atoms with Crippen LogP contribution in [-0.4, -0.2) is 24.4 Å². The normalized spacial score (nSPS) is 21.5. The predicted octanol–water partition coefficient (Wildman–Crippen LogP) is 5.61. The molecule has 0 radical (unpaired) electrons. The van der Waals surface area contributed by atoms with Crippen LogP contribution >= 0.6 is 11.6 Å². The van der Waals surface area contributed by atoms with Gasteiger partial charge >= 0.3 is 0 Å². The molecule has 0 bridgehead atoms. The summed E-state index contributed by atoms with van der Waals surface area (Å²) in [4.78, 5) is 13.1. The van der Waals surface area contributed by atoms with Gasteiger partial charge in [-0.05, 0) is 73.3 Å². The van der Waals surface area contributed by atoms with Crippen molar-refractivity contribution in [2.45, 2.75) is 50.4 Å². The third-order valence-electron chi connectivity index (χ3n) is 6.66. The summed E-state index contributed by atoms with van der Waals surface area (Å²) >= 11 is 6.13. The number of piperidine rings is 1. The van der Waals surface area contributed by atoms with Crippen LogP contribution in [0.2, 0.25) is 5.02 Å². The maximum Gasteiger partial charge on any atom is 0.209 e. The van der Waals surface area contributed by atoms with Gasteiger partial charge in [-0.2, -0.15) is 0 Å². The number of carbonyl (C=O) groups is 1. The molecule has 1 aliphatic heterocycles. The van der Waals surface area contributed by atoms with Crippen LogP contribution in [0.1, 0.15) is 55.2 Å². The van der Waals surface area contributed by atoms with Gasteiger partial charge in [0.25, 0.3) is 0 Å². The quantitative estimate of drug-likeness (QED) is 0.595. The Kier molecular flexibility index (Phi) is 5.54. The first-order chi connectivity index (χ1) is 13.2. The number of rotatable bonds is 6. The average Bonchev–Trinajstić information content (AvgIpc) is 2.68. The maximum atomic E-state index is 11.1. The fourth-order valence-electron chi connectivity index (χ4n) is 5.01. The summed E-state index contributed by atoms with van der Waals surface area (Å²) in [6.07, 6.45) is 9.38. The van der Waals surface area contributed by atoms with Crippen molar-refractivity contribution in [3.05, 3.63) is 70.2 Å². The zero-order valence-corrected chi connectivity index (χ0v) is 16.6. The lowest BCUT2D eigenvalue weighted by molar-refractivity contribution is -0.119. The predicted molar refractivity (Wildman–Crippen MR) is 111 cm³/mol. The first kappa shape index (κ1) is 18.6. The number of halogens is 1. The molecule has 1 saturated heterocycles. The molecular weight excluding hydrogens is 354 g/mol. The first-order valence-electron chi connectivity index (χ1n) is 10.2. The molecule has 1 unspecified atom stereocenters. The molecule has 1 amide bonds. The van der Waals surface area contributed by atoms with Crippen molar-refractivity contribution in [1.29, 1.82) is 0 Å². The Morgan fingerprint density at radius 3 is 2.56 bits per heavy atom. The second-order valence-corrected chi connectivity index (χ2v) is 8.68. The van der Waals surface area contributed by atoms with Gasteiger partial charge in [0.05, 0.1) is 0 Å². The molecule has 0 spiro atoms. The topological polar surface area (TPSA) is 20.3 Å². The number of nitrogens with zero attached hydrogens (tertiary/aromatic N) is 1. The average molecular weight is 382 g/mol. The van der Waals surface area contributed by atoms with Crippen molar-refractivity contribution in [3.8, 4) is 0 Å². The van der Waals surface area contributed by atoms with Gasteiger partial charge in [0, 0.05) is 23.5 Å². The van der Waals surface area contributed by atoms with Crippen molar-refractivity contribution in [1.82, 2.24) is 4.90 Å². The van der Waals surface area contributed by atoms with E-state index >= 15 is 0 Å². The number of amides is 1. The number of likely N-dealkylation sites (tertiary alicyclic amines) is 1. The first-order valence-corrected chi connectivity index (χ1v) is 10.6. The minimum Gasteiger partial charge on any atom is -0.345 e. The van der Waals surface area contributed by atoms with Crippen LogP contribution < -0.4 is 0 Å². The third kappa shape index (κ3) is 3.78. The Labute approximate surface area is 167 Å². The van der Waals surface area contributed by atoms with E-state index in [1.807, 2.05) is 17.0 Å². The highest BCUT2D eigenvalue weighted by atomic mass is 35.5. The summed E-state index contributed by atoms with van der Waals surface area (Å²) < 4.78 is 0. The van der Waals surface area contributed by atoms with Gasteiger partial charge in [-0.15, -0.1) is 0 Å². The fourth-order valence-corrected chi connectivity index (χ4v) is 5.13. The van der Waals surface area contributed by atoms with E-state index < -0.39 is 0 Å². The van der Waals surface area contributed by atoms with Crippen LogP contribution in [0.3, 0.4) is 0 Å². The van der Waals surface area contributed by atoms with Gasteiger partial charge in [-0.3, -0.25) is 4.79 Å². The smallest absolute Gasteiger partial charge is 0.209 e. The van der Waals surface area contributed by atoms with Crippen LogP contribution in [0.15, 0.2) is 48.5 Å². The summed E-state index contributed by atoms with van der Waals surface area (Å²) in [6, 6.07) is 17.5. The molecule has 1 saturated carbocycles. The molecule has 2 aliphatic rings. The molecule has 2 aromatic rings. The van der Waals surface area contributed by atoms with E-state index in [9.17, 15) is 4.79 Å². The van der Waals surface area contributed by atoms with E-state index in [0.29, 0.717) is 5.92 Å². The van der Waals surface area contributed by atoms with E-state index in [-0.39, 0.29) is 5.41 Å². The van der Waals surface area contributed by atoms with Gasteiger partial charge in [0.2, 0.25) is 6.41 Å². The van der Waals surface area contributed by atoms with Gasteiger partial charge in [0.15, 0.2) is 0 Å². The minimum atomic E-state index is 0.155. The lowest BCUT2D eigenvalue weighted by atomic mass is 9.59. The Bertz CT molecular complexity index is 781. The molecule has 2 fully saturated rings. The van der Waals surface area contributed by atoms with E-state index in [0.717, 1.165) is 43.8 Å². The molecule has 142 valence electrons. The van der Waals surface area contributed by atoms with Crippen LogP contribution in [0.4, 0.5) is 0 Å². The Balaban J connectivity index is 1.55. The zero-order chi connectivity index (χ0) is 18.7. The Morgan fingerprint density at radius 2 is 1.85 bits per heavy atom. The highest BCUT2D eigenvalue weighted by Crippen LogP contribution is 2.50. The highest BCUT2D eigenvalue weighted by molar-refractivity contribution is 6.30. The standard InChI is InChI=1S/C24H28ClNO/c25-22-12-10-21(11-13-22)24(14-4-15-24)23-7-2-1-6-20(23)9-8-19-5-3-16-26(17-19)18-27/h1-2,6-7,10-13,18-19H,3-5,8-9,14-17H2. The fraction of sp³-hybridized carbons (Fsp3) is 0.458. The van der Waals surface area contributed by atoms with E-state index in [1.54, 1.807) is 0 Å². The Morgan fingerprint density at radius 1 is 1.07 bits per heavy atom. The SMILES string of the molecule is O=CN1CCCC(CCc2ccccc2C2(c3ccc(Cl)cc3)CCC2)C1. The van der Waals surface area contributed by atoms with Crippen LogP contribution in [0.25, 0.3) is 0 Å². The lowest BCUT2D eigenvalue weighted by Gasteiger charge is -2.44. The Hall–Kier alpha value is -1.80. The van der Waals surface area contributed by atoms with Gasteiger partial charge in [-0.25, -0.2) is 0 Å². The summed E-state index contributed by atoms with van der Waals surface area (Å²) in [6.45, 7) is 1.85. The molecule has 27 heavy (non-hydrogen) atoms. The largest absolute Gasteiger partial charge is 0.345 e. The minimum absolute atomic E-state index is 0.155. The van der Waals surface area contributed by atoms with Crippen LogP contribution in [0, 0.1) is 5.92 Å². The molecule has 1 aliphatic carbocycles. The number of hydrogen-bond donors (Lipinski definition) is 0. The second kappa shape index (κ2) is 8.06. The van der Waals surface area contributed by atoms with Crippen molar-refractivity contribution in [2.75, 3.05) is 13.1 Å². The van der Waals surface area contributed by atoms with Crippen LogP contribution in [0.5, 0.6) is 0 Å². The summed E-state index contributed by atoms with van der Waals surface area (Å²) in [5.41, 5.74) is 4.54. The van der Waals surface area contributed by atoms with E-state index in [1.165, 1.54) is 42.4 Å². The zero-order valence-electron chi connectivity index (χ0n) is 15.9. The van der Waals surface area contributed by atoms with Crippen molar-refractivity contribution in [3.63, 3.8) is 0 Å². The molecular formula is C24H28ClNO. The molecule has 0 aromatic heterocycles. The van der Waals surface area contributed by atoms with Crippen molar-refractivity contribution >= 4 is 18.0 Å². The molecule has 1 heterocycles. The van der Waals surface area contributed by atoms with E-state index in [2.05, 4.69) is 36.4 Å². The van der Waals surface area contributed by atoms with Crippen molar-refractivity contribution < 1.29 is 4.79 Å². The molecule has 2 aromatic carbocycles. The maximum absolute atomic E-state index is 11.1. The monoisotopic (exact) mass is 381 g/mol. The summed E-state index contributed by atoms with van der Waals surface area (Å²) in [5, 5.41) is 0.804. The molecule has 3 heteroatoms. The summed E-state index contributed by atoms with van der Waals surface area (Å²) in [5.74, 6) is 0.630. The molecule has 4 rings (SSSR count). The number of aryl methyl sites for hydroxylation is 1. The number of carbonyl (C=O) groups excluding carboxylic acids is 1. The lowest BCUT2D eigenvalue weighted by Crippen LogP contribution is -2.37.